The van der Waals surface area contributed by atoms with Crippen molar-refractivity contribution in [1.82, 2.24) is 20.3 Å². The zero-order chi connectivity index (χ0) is 14.8. The second-order valence-corrected chi connectivity index (χ2v) is 6.00. The molecule has 0 aliphatic carbocycles. The highest BCUT2D eigenvalue weighted by atomic mass is 79.9. The Morgan fingerprint density at radius 1 is 1.33 bits per heavy atom. The number of halogens is 1. The monoisotopic (exact) mass is 344 g/mol. The van der Waals surface area contributed by atoms with E-state index in [0.29, 0.717) is 0 Å². The Bertz CT molecular complexity index is 766. The van der Waals surface area contributed by atoms with E-state index in [1.165, 1.54) is 5.56 Å². The molecule has 1 unspecified atom stereocenters. The molecule has 108 valence electrons. The molecular weight excluding hydrogens is 328 g/mol. The Balaban J connectivity index is 1.72. The van der Waals surface area contributed by atoms with E-state index in [2.05, 4.69) is 61.3 Å². The molecule has 21 heavy (non-hydrogen) atoms. The van der Waals surface area contributed by atoms with Crippen LogP contribution in [0.15, 0.2) is 41.0 Å². The second-order valence-electron chi connectivity index (χ2n) is 5.15. The standard InChI is InChI=1S/C16H17BrN4/c1-10(16-13(17)4-3-7-18-16)19-9-12-5-6-14-15(8-12)21-11(2)20-14/h3-8,10,19H,9H2,1-2H3,(H,20,21). The molecule has 0 spiro atoms. The first kappa shape index (κ1) is 14.2. The first-order chi connectivity index (χ1) is 10.1. The van der Waals surface area contributed by atoms with Gasteiger partial charge in [-0.1, -0.05) is 6.07 Å². The molecule has 0 radical (unpaired) electrons. The summed E-state index contributed by atoms with van der Waals surface area (Å²) in [5.41, 5.74) is 4.34. The van der Waals surface area contributed by atoms with Crippen molar-refractivity contribution in [2.45, 2.75) is 26.4 Å². The number of fused-ring (bicyclic) bond motifs is 1. The Hall–Kier alpha value is -1.72. The first-order valence-corrected chi connectivity index (χ1v) is 7.72. The van der Waals surface area contributed by atoms with Crippen molar-refractivity contribution in [3.8, 4) is 0 Å². The molecule has 2 N–H and O–H groups in total. The number of rotatable bonds is 4. The van der Waals surface area contributed by atoms with Crippen molar-refractivity contribution >= 4 is 27.0 Å². The smallest absolute Gasteiger partial charge is 0.104 e. The summed E-state index contributed by atoms with van der Waals surface area (Å²) in [5.74, 6) is 0.945. The van der Waals surface area contributed by atoms with Gasteiger partial charge in [-0.2, -0.15) is 0 Å². The van der Waals surface area contributed by atoms with Gasteiger partial charge in [0, 0.05) is 23.3 Å². The maximum absolute atomic E-state index is 4.42. The van der Waals surface area contributed by atoms with Crippen molar-refractivity contribution < 1.29 is 0 Å². The number of H-pyrrole nitrogens is 1. The number of pyridine rings is 1. The molecule has 5 heteroatoms. The molecule has 0 aliphatic heterocycles. The number of imidazole rings is 1. The fourth-order valence-corrected chi connectivity index (χ4v) is 2.98. The SMILES string of the molecule is Cc1nc2ccc(CNC(C)c3ncccc3Br)cc2[nH]1. The highest BCUT2D eigenvalue weighted by Gasteiger charge is 2.10. The normalized spacial score (nSPS) is 12.7. The fourth-order valence-electron chi connectivity index (χ4n) is 2.38. The van der Waals surface area contributed by atoms with Crippen LogP contribution in [-0.4, -0.2) is 15.0 Å². The minimum Gasteiger partial charge on any atom is -0.342 e. The van der Waals surface area contributed by atoms with E-state index in [1.54, 1.807) is 0 Å². The van der Waals surface area contributed by atoms with Crippen LogP contribution in [0, 0.1) is 6.92 Å². The van der Waals surface area contributed by atoms with E-state index in [1.807, 2.05) is 25.3 Å². The van der Waals surface area contributed by atoms with Crippen LogP contribution in [-0.2, 0) is 6.54 Å². The summed E-state index contributed by atoms with van der Waals surface area (Å²) in [6.07, 6.45) is 1.82. The minimum absolute atomic E-state index is 0.180. The summed E-state index contributed by atoms with van der Waals surface area (Å²) in [6.45, 7) is 4.88. The summed E-state index contributed by atoms with van der Waals surface area (Å²) < 4.78 is 1.03. The minimum atomic E-state index is 0.180. The predicted molar refractivity (Wildman–Crippen MR) is 88.0 cm³/mol. The molecular formula is C16H17BrN4. The van der Waals surface area contributed by atoms with Crippen LogP contribution < -0.4 is 5.32 Å². The summed E-state index contributed by atoms with van der Waals surface area (Å²) in [6, 6.07) is 10.4. The average Bonchev–Trinajstić information content (AvgIpc) is 2.84. The van der Waals surface area contributed by atoms with Crippen LogP contribution in [0.4, 0.5) is 0 Å². The van der Waals surface area contributed by atoms with Gasteiger partial charge in [-0.25, -0.2) is 4.98 Å². The molecule has 0 aliphatic rings. The third-order valence-electron chi connectivity index (χ3n) is 3.47. The van der Waals surface area contributed by atoms with Gasteiger partial charge in [-0.05, 0) is 59.6 Å². The summed E-state index contributed by atoms with van der Waals surface area (Å²) >= 11 is 3.54. The van der Waals surface area contributed by atoms with Crippen molar-refractivity contribution in [1.29, 1.82) is 0 Å². The van der Waals surface area contributed by atoms with Crippen molar-refractivity contribution in [3.05, 3.63) is 58.1 Å². The third kappa shape index (κ3) is 3.14. The number of aromatic nitrogens is 3. The fraction of sp³-hybridized carbons (Fsp3) is 0.250. The van der Waals surface area contributed by atoms with Crippen molar-refractivity contribution in [2.75, 3.05) is 0 Å². The largest absolute Gasteiger partial charge is 0.342 e. The lowest BCUT2D eigenvalue weighted by Crippen LogP contribution is -2.19. The lowest BCUT2D eigenvalue weighted by molar-refractivity contribution is 0.559. The number of aromatic amines is 1. The molecule has 1 aromatic carbocycles. The molecule has 2 heterocycles. The number of benzene rings is 1. The number of aryl methyl sites for hydroxylation is 1. The predicted octanol–water partition coefficient (Wildman–Crippen LogP) is 3.88. The van der Waals surface area contributed by atoms with Crippen LogP contribution in [0.3, 0.4) is 0 Å². The zero-order valence-electron chi connectivity index (χ0n) is 12.0. The molecule has 0 amide bonds. The molecule has 0 saturated heterocycles. The van der Waals surface area contributed by atoms with Crippen molar-refractivity contribution in [2.24, 2.45) is 0 Å². The van der Waals surface area contributed by atoms with E-state index >= 15 is 0 Å². The average molecular weight is 345 g/mol. The van der Waals surface area contributed by atoms with Crippen LogP contribution in [0.2, 0.25) is 0 Å². The molecule has 0 fully saturated rings. The number of hydrogen-bond acceptors (Lipinski definition) is 3. The van der Waals surface area contributed by atoms with Gasteiger partial charge < -0.3 is 10.3 Å². The van der Waals surface area contributed by atoms with Crippen LogP contribution in [0.25, 0.3) is 11.0 Å². The van der Waals surface area contributed by atoms with E-state index < -0.39 is 0 Å². The van der Waals surface area contributed by atoms with Gasteiger partial charge in [0.15, 0.2) is 0 Å². The van der Waals surface area contributed by atoms with E-state index in [9.17, 15) is 0 Å². The highest BCUT2D eigenvalue weighted by Crippen LogP contribution is 2.21. The first-order valence-electron chi connectivity index (χ1n) is 6.92. The van der Waals surface area contributed by atoms with Crippen LogP contribution >= 0.6 is 15.9 Å². The molecule has 1 atom stereocenters. The Morgan fingerprint density at radius 3 is 3.00 bits per heavy atom. The van der Waals surface area contributed by atoms with Crippen LogP contribution in [0.1, 0.15) is 30.0 Å². The van der Waals surface area contributed by atoms with Crippen molar-refractivity contribution in [3.63, 3.8) is 0 Å². The van der Waals surface area contributed by atoms with Gasteiger partial charge in [-0.15, -0.1) is 0 Å². The Kier molecular flexibility index (Phi) is 4.03. The third-order valence-corrected chi connectivity index (χ3v) is 4.14. The maximum atomic E-state index is 4.42. The topological polar surface area (TPSA) is 53.6 Å². The zero-order valence-corrected chi connectivity index (χ0v) is 13.6. The summed E-state index contributed by atoms with van der Waals surface area (Å²) in [4.78, 5) is 12.1. The van der Waals surface area contributed by atoms with Gasteiger partial charge in [0.05, 0.1) is 16.7 Å². The van der Waals surface area contributed by atoms with E-state index in [-0.39, 0.29) is 6.04 Å². The quantitative estimate of drug-likeness (QED) is 0.755. The lowest BCUT2D eigenvalue weighted by Gasteiger charge is -2.14. The molecule has 3 rings (SSSR count). The van der Waals surface area contributed by atoms with Crippen LogP contribution in [0.5, 0.6) is 0 Å². The molecule has 0 saturated carbocycles. The maximum Gasteiger partial charge on any atom is 0.104 e. The van der Waals surface area contributed by atoms with Gasteiger partial charge in [0.2, 0.25) is 0 Å². The number of nitrogens with one attached hydrogen (secondary N) is 2. The number of hydrogen-bond donors (Lipinski definition) is 2. The van der Waals surface area contributed by atoms with Gasteiger partial charge in [0.1, 0.15) is 5.82 Å². The second kappa shape index (κ2) is 5.95. The summed E-state index contributed by atoms with van der Waals surface area (Å²) in [5, 5.41) is 3.50. The summed E-state index contributed by atoms with van der Waals surface area (Å²) in [7, 11) is 0. The molecule has 4 nitrogen and oxygen atoms in total. The lowest BCUT2D eigenvalue weighted by atomic mass is 10.1. The Labute approximate surface area is 132 Å². The van der Waals surface area contributed by atoms with E-state index in [4.69, 9.17) is 0 Å². The molecule has 2 aromatic heterocycles. The van der Waals surface area contributed by atoms with Gasteiger partial charge >= 0.3 is 0 Å². The molecule has 3 aromatic rings. The number of nitrogens with zero attached hydrogens (tertiary/aromatic N) is 2. The van der Waals surface area contributed by atoms with Gasteiger partial charge in [-0.3, -0.25) is 4.98 Å². The highest BCUT2D eigenvalue weighted by molar-refractivity contribution is 9.10. The molecule has 0 bridgehead atoms. The van der Waals surface area contributed by atoms with E-state index in [0.717, 1.165) is 33.6 Å². The van der Waals surface area contributed by atoms with Gasteiger partial charge in [0.25, 0.3) is 0 Å². The Morgan fingerprint density at radius 2 is 2.19 bits per heavy atom.